The third-order valence-corrected chi connectivity index (χ3v) is 3.40. The van der Waals surface area contributed by atoms with Crippen LogP contribution in [-0.2, 0) is 0 Å². The molecule has 0 aliphatic carbocycles. The molecule has 0 saturated heterocycles. The maximum absolute atomic E-state index is 12.3. The van der Waals surface area contributed by atoms with Gasteiger partial charge in [-0.3, -0.25) is 4.79 Å². The van der Waals surface area contributed by atoms with Crippen molar-refractivity contribution in [1.82, 2.24) is 0 Å². The molecule has 0 radical (unpaired) electrons. The quantitative estimate of drug-likeness (QED) is 0.850. The number of rotatable bonds is 3. The first-order valence-electron chi connectivity index (χ1n) is 6.84. The molecule has 3 N–H and O–H groups in total. The molecule has 0 aliphatic heterocycles. The van der Waals surface area contributed by atoms with E-state index in [1.54, 1.807) is 12.1 Å². The largest absolute Gasteiger partial charge is 0.398 e. The Morgan fingerprint density at radius 1 is 1.10 bits per heavy atom. The number of nitrogen functional groups attached to an aromatic ring is 1. The lowest BCUT2D eigenvalue weighted by Crippen LogP contribution is -2.15. The van der Waals surface area contributed by atoms with Crippen LogP contribution < -0.4 is 16.0 Å². The number of amides is 1. The fraction of sp³-hybridized carbons (Fsp3) is 0.235. The maximum Gasteiger partial charge on any atom is 0.257 e. The monoisotopic (exact) mass is 283 g/mol. The molecule has 2 rings (SSSR count). The number of anilines is 3. The number of nitrogens with one attached hydrogen (secondary N) is 1. The van der Waals surface area contributed by atoms with Crippen molar-refractivity contribution in [1.29, 1.82) is 0 Å². The average molecular weight is 283 g/mol. The molecule has 2 aromatic carbocycles. The van der Waals surface area contributed by atoms with E-state index in [1.165, 1.54) is 0 Å². The fourth-order valence-electron chi connectivity index (χ4n) is 2.26. The first-order chi connectivity index (χ1) is 9.88. The molecule has 110 valence electrons. The summed E-state index contributed by atoms with van der Waals surface area (Å²) in [5.41, 5.74) is 10.9. The van der Waals surface area contributed by atoms with E-state index >= 15 is 0 Å². The molecule has 21 heavy (non-hydrogen) atoms. The summed E-state index contributed by atoms with van der Waals surface area (Å²) in [4.78, 5) is 14.3. The van der Waals surface area contributed by atoms with Crippen molar-refractivity contribution >= 4 is 23.0 Å². The van der Waals surface area contributed by atoms with Crippen LogP contribution in [0.3, 0.4) is 0 Å². The fourth-order valence-corrected chi connectivity index (χ4v) is 2.26. The second-order valence-electron chi connectivity index (χ2n) is 5.44. The Labute approximate surface area is 125 Å². The van der Waals surface area contributed by atoms with E-state index in [9.17, 15) is 4.79 Å². The number of benzene rings is 2. The zero-order chi connectivity index (χ0) is 15.6. The number of aryl methyl sites for hydroxylation is 2. The second kappa shape index (κ2) is 5.87. The summed E-state index contributed by atoms with van der Waals surface area (Å²) in [5.74, 6) is -0.193. The average Bonchev–Trinajstić information content (AvgIpc) is 2.40. The van der Waals surface area contributed by atoms with Gasteiger partial charge in [0.2, 0.25) is 0 Å². The molecule has 0 bridgehead atoms. The van der Waals surface area contributed by atoms with E-state index in [4.69, 9.17) is 5.73 Å². The van der Waals surface area contributed by atoms with Crippen molar-refractivity contribution in [2.45, 2.75) is 13.8 Å². The molecule has 4 nitrogen and oxygen atoms in total. The van der Waals surface area contributed by atoms with Crippen LogP contribution in [0.1, 0.15) is 21.5 Å². The summed E-state index contributed by atoms with van der Waals surface area (Å²) in [6.07, 6.45) is 0. The molecule has 4 heteroatoms. The minimum atomic E-state index is -0.193. The van der Waals surface area contributed by atoms with Crippen molar-refractivity contribution in [3.05, 3.63) is 53.1 Å². The lowest BCUT2D eigenvalue weighted by Gasteiger charge is -2.17. The smallest absolute Gasteiger partial charge is 0.257 e. The van der Waals surface area contributed by atoms with Gasteiger partial charge < -0.3 is 16.0 Å². The van der Waals surface area contributed by atoms with Gasteiger partial charge in [0.25, 0.3) is 5.91 Å². The lowest BCUT2D eigenvalue weighted by atomic mass is 10.1. The first kappa shape index (κ1) is 14.9. The van der Waals surface area contributed by atoms with E-state index in [0.29, 0.717) is 11.3 Å². The summed E-state index contributed by atoms with van der Waals surface area (Å²) < 4.78 is 0. The van der Waals surface area contributed by atoms with Crippen molar-refractivity contribution in [3.8, 4) is 0 Å². The number of nitrogens with zero attached hydrogens (tertiary/aromatic N) is 1. The Morgan fingerprint density at radius 2 is 1.81 bits per heavy atom. The van der Waals surface area contributed by atoms with Crippen LogP contribution in [0.15, 0.2) is 36.4 Å². The van der Waals surface area contributed by atoms with E-state index < -0.39 is 0 Å². The number of hydrogen-bond donors (Lipinski definition) is 2. The lowest BCUT2D eigenvalue weighted by molar-refractivity contribution is 0.102. The predicted molar refractivity (Wildman–Crippen MR) is 89.1 cm³/mol. The first-order valence-corrected chi connectivity index (χ1v) is 6.84. The topological polar surface area (TPSA) is 58.4 Å². The van der Waals surface area contributed by atoms with Gasteiger partial charge in [0, 0.05) is 31.2 Å². The standard InChI is InChI=1S/C17H21N3O/c1-11-5-8-14(15(18)9-11)17(21)19-13-7-6-12(2)16(10-13)20(3)4/h5-10H,18H2,1-4H3,(H,19,21). The summed E-state index contributed by atoms with van der Waals surface area (Å²) >= 11 is 0. The number of carbonyl (C=O) groups is 1. The number of nitrogens with two attached hydrogens (primary N) is 1. The summed E-state index contributed by atoms with van der Waals surface area (Å²) in [6.45, 7) is 3.99. The summed E-state index contributed by atoms with van der Waals surface area (Å²) in [6, 6.07) is 11.3. The summed E-state index contributed by atoms with van der Waals surface area (Å²) in [5, 5.41) is 2.90. The molecule has 1 amide bonds. The van der Waals surface area contributed by atoms with Gasteiger partial charge in [-0.1, -0.05) is 12.1 Å². The van der Waals surface area contributed by atoms with Crippen LogP contribution in [-0.4, -0.2) is 20.0 Å². The molecule has 0 aromatic heterocycles. The van der Waals surface area contributed by atoms with Gasteiger partial charge in [0.1, 0.15) is 0 Å². The highest BCUT2D eigenvalue weighted by atomic mass is 16.1. The Bertz CT molecular complexity index is 678. The molecule has 0 spiro atoms. The summed E-state index contributed by atoms with van der Waals surface area (Å²) in [7, 11) is 3.96. The molecule has 0 atom stereocenters. The Hall–Kier alpha value is -2.49. The highest BCUT2D eigenvalue weighted by molar-refractivity contribution is 6.08. The van der Waals surface area contributed by atoms with Gasteiger partial charge >= 0.3 is 0 Å². The van der Waals surface area contributed by atoms with Gasteiger partial charge in [-0.2, -0.15) is 0 Å². The molecular formula is C17H21N3O. The normalized spacial score (nSPS) is 10.3. The van der Waals surface area contributed by atoms with Crippen LogP contribution in [0.5, 0.6) is 0 Å². The Balaban J connectivity index is 2.25. The number of carbonyl (C=O) groups excluding carboxylic acids is 1. The highest BCUT2D eigenvalue weighted by Crippen LogP contribution is 2.23. The minimum absolute atomic E-state index is 0.193. The van der Waals surface area contributed by atoms with Gasteiger partial charge in [-0.15, -0.1) is 0 Å². The van der Waals surface area contributed by atoms with Crippen molar-refractivity contribution in [2.24, 2.45) is 0 Å². The third-order valence-electron chi connectivity index (χ3n) is 3.40. The van der Waals surface area contributed by atoms with Gasteiger partial charge in [-0.25, -0.2) is 0 Å². The van der Waals surface area contributed by atoms with E-state index in [2.05, 4.69) is 5.32 Å². The van der Waals surface area contributed by atoms with Gasteiger partial charge in [-0.05, 0) is 49.2 Å². The molecule has 2 aromatic rings. The van der Waals surface area contributed by atoms with Crippen LogP contribution in [0, 0.1) is 13.8 Å². The second-order valence-corrected chi connectivity index (χ2v) is 5.44. The molecular weight excluding hydrogens is 262 g/mol. The van der Waals surface area contributed by atoms with Crippen LogP contribution in [0.2, 0.25) is 0 Å². The van der Waals surface area contributed by atoms with Gasteiger partial charge in [0.05, 0.1) is 5.56 Å². The molecule has 0 saturated carbocycles. The maximum atomic E-state index is 12.3. The van der Waals surface area contributed by atoms with Crippen LogP contribution in [0.25, 0.3) is 0 Å². The molecule has 0 heterocycles. The predicted octanol–water partition coefficient (Wildman–Crippen LogP) is 3.20. The highest BCUT2D eigenvalue weighted by Gasteiger charge is 2.11. The Kier molecular flexibility index (Phi) is 4.17. The SMILES string of the molecule is Cc1ccc(C(=O)Nc2ccc(C)c(N(C)C)c2)c(N)c1. The van der Waals surface area contributed by atoms with Crippen LogP contribution >= 0.6 is 0 Å². The van der Waals surface area contributed by atoms with Crippen LogP contribution in [0.4, 0.5) is 17.1 Å². The minimum Gasteiger partial charge on any atom is -0.398 e. The van der Waals surface area contributed by atoms with Crippen molar-refractivity contribution in [3.63, 3.8) is 0 Å². The van der Waals surface area contributed by atoms with E-state index in [-0.39, 0.29) is 5.91 Å². The van der Waals surface area contributed by atoms with E-state index in [1.807, 2.05) is 57.1 Å². The zero-order valence-corrected chi connectivity index (χ0v) is 12.9. The Morgan fingerprint density at radius 3 is 2.43 bits per heavy atom. The third kappa shape index (κ3) is 3.34. The number of hydrogen-bond acceptors (Lipinski definition) is 3. The van der Waals surface area contributed by atoms with Gasteiger partial charge in [0.15, 0.2) is 0 Å². The van der Waals surface area contributed by atoms with E-state index in [0.717, 1.165) is 22.5 Å². The zero-order valence-electron chi connectivity index (χ0n) is 12.9. The van der Waals surface area contributed by atoms with Crippen molar-refractivity contribution < 1.29 is 4.79 Å². The molecule has 0 unspecified atom stereocenters. The molecule has 0 aliphatic rings. The molecule has 0 fully saturated rings. The van der Waals surface area contributed by atoms with Crippen molar-refractivity contribution in [2.75, 3.05) is 30.0 Å².